The van der Waals surface area contributed by atoms with E-state index in [1.807, 2.05) is 0 Å². The van der Waals surface area contributed by atoms with E-state index in [1.165, 1.54) is 31.4 Å². The Bertz CT molecular complexity index is 1120. The number of carbonyl (C=O) groups excluding carboxylic acids is 2. The van der Waals surface area contributed by atoms with Crippen LogP contribution < -0.4 is 15.4 Å². The third-order valence-electron chi connectivity index (χ3n) is 4.50. The largest absolute Gasteiger partial charge is 0.497 e. The van der Waals surface area contributed by atoms with Crippen molar-refractivity contribution in [2.45, 2.75) is 12.8 Å². The molecule has 0 aliphatic carbocycles. The number of halogens is 3. The molecule has 0 saturated carbocycles. The molecule has 0 atom stereocenters. The molecule has 2 N–H and O–H groups in total. The van der Waals surface area contributed by atoms with Crippen molar-refractivity contribution in [3.05, 3.63) is 89.5 Å². The Morgan fingerprint density at radius 2 is 1.61 bits per heavy atom. The van der Waals surface area contributed by atoms with Gasteiger partial charge >= 0.3 is 6.18 Å². The Morgan fingerprint density at radius 3 is 2.30 bits per heavy atom. The molecule has 172 valence electrons. The maximum absolute atomic E-state index is 12.8. The minimum atomic E-state index is -4.40. The monoisotopic (exact) mass is 458 g/mol. The molecule has 3 rings (SSSR count). The molecule has 9 heteroatoms. The number of ether oxygens (including phenoxy) is 2. The van der Waals surface area contributed by atoms with Crippen molar-refractivity contribution in [2.75, 3.05) is 24.4 Å². The molecule has 3 aromatic carbocycles. The van der Waals surface area contributed by atoms with Crippen LogP contribution in [0.2, 0.25) is 0 Å². The Balaban J connectivity index is 1.66. The van der Waals surface area contributed by atoms with Crippen LogP contribution >= 0.6 is 0 Å². The van der Waals surface area contributed by atoms with E-state index in [-0.39, 0.29) is 17.7 Å². The highest BCUT2D eigenvalue weighted by Crippen LogP contribution is 2.21. The third kappa shape index (κ3) is 7.08. The van der Waals surface area contributed by atoms with E-state index in [4.69, 9.17) is 4.74 Å². The molecular weight excluding hydrogens is 437 g/mol. The van der Waals surface area contributed by atoms with Gasteiger partial charge in [0.2, 0.25) is 0 Å². The van der Waals surface area contributed by atoms with E-state index in [1.54, 1.807) is 48.5 Å². The van der Waals surface area contributed by atoms with Crippen LogP contribution in [-0.2, 0) is 11.3 Å². The first-order valence-electron chi connectivity index (χ1n) is 9.84. The van der Waals surface area contributed by atoms with E-state index in [9.17, 15) is 22.8 Å². The molecule has 0 aromatic heterocycles. The molecular formula is C24H21F3N2O4. The SMILES string of the molecule is COc1cccc(NC(=O)c2ccccc2NC(=O)c2ccc(COCC(F)(F)F)cc2)c1. The summed E-state index contributed by atoms with van der Waals surface area (Å²) >= 11 is 0. The van der Waals surface area contributed by atoms with Crippen molar-refractivity contribution in [1.82, 2.24) is 0 Å². The minimum absolute atomic E-state index is 0.227. The van der Waals surface area contributed by atoms with Crippen molar-refractivity contribution in [2.24, 2.45) is 0 Å². The van der Waals surface area contributed by atoms with Crippen LogP contribution in [0.4, 0.5) is 24.5 Å². The van der Waals surface area contributed by atoms with Gasteiger partial charge in [0.05, 0.1) is 25.0 Å². The van der Waals surface area contributed by atoms with E-state index >= 15 is 0 Å². The van der Waals surface area contributed by atoms with Crippen molar-refractivity contribution >= 4 is 23.2 Å². The standard InChI is InChI=1S/C24H21F3N2O4/c1-32-19-6-4-5-18(13-19)28-23(31)20-7-2-3-8-21(20)29-22(30)17-11-9-16(10-12-17)14-33-15-24(25,26)27/h2-13H,14-15H2,1H3,(H,28,31)(H,29,30). The van der Waals surface area contributed by atoms with E-state index in [0.717, 1.165) is 0 Å². The zero-order chi connectivity index (χ0) is 23.8. The predicted molar refractivity (Wildman–Crippen MR) is 117 cm³/mol. The molecule has 0 aliphatic rings. The highest BCUT2D eigenvalue weighted by molar-refractivity contribution is 6.12. The molecule has 0 saturated heterocycles. The Kier molecular flexibility index (Phi) is 7.68. The average Bonchev–Trinajstić information content (AvgIpc) is 2.79. The summed E-state index contributed by atoms with van der Waals surface area (Å²) in [6.07, 6.45) is -4.40. The van der Waals surface area contributed by atoms with Crippen molar-refractivity contribution in [3.63, 3.8) is 0 Å². The quantitative estimate of drug-likeness (QED) is 0.482. The second-order valence-corrected chi connectivity index (χ2v) is 6.99. The lowest BCUT2D eigenvalue weighted by Gasteiger charge is -2.12. The van der Waals surface area contributed by atoms with Crippen LogP contribution in [0.5, 0.6) is 5.75 Å². The molecule has 0 heterocycles. The van der Waals surface area contributed by atoms with Crippen LogP contribution in [0, 0.1) is 0 Å². The Morgan fingerprint density at radius 1 is 0.879 bits per heavy atom. The summed E-state index contributed by atoms with van der Waals surface area (Å²) < 4.78 is 46.3. The fraction of sp³-hybridized carbons (Fsp3) is 0.167. The Hall–Kier alpha value is -3.85. The van der Waals surface area contributed by atoms with Crippen LogP contribution in [0.15, 0.2) is 72.8 Å². The van der Waals surface area contributed by atoms with Crippen LogP contribution in [0.25, 0.3) is 0 Å². The second-order valence-electron chi connectivity index (χ2n) is 6.99. The fourth-order valence-corrected chi connectivity index (χ4v) is 2.92. The van der Waals surface area contributed by atoms with Gasteiger partial charge < -0.3 is 20.1 Å². The molecule has 0 spiro atoms. The van der Waals surface area contributed by atoms with Crippen molar-refractivity contribution in [1.29, 1.82) is 0 Å². The molecule has 0 aliphatic heterocycles. The number of anilines is 2. The second kappa shape index (κ2) is 10.6. The van der Waals surface area contributed by atoms with Gasteiger partial charge in [-0.05, 0) is 42.0 Å². The maximum atomic E-state index is 12.8. The van der Waals surface area contributed by atoms with Crippen molar-refractivity contribution < 1.29 is 32.2 Å². The summed E-state index contributed by atoms with van der Waals surface area (Å²) in [6.45, 7) is -1.57. The first kappa shape index (κ1) is 23.8. The maximum Gasteiger partial charge on any atom is 0.411 e. The highest BCUT2D eigenvalue weighted by atomic mass is 19.4. The number of amides is 2. The van der Waals surface area contributed by atoms with Gasteiger partial charge in [-0.2, -0.15) is 13.2 Å². The number of carbonyl (C=O) groups is 2. The number of benzene rings is 3. The molecule has 3 aromatic rings. The number of hydrogen-bond acceptors (Lipinski definition) is 4. The molecule has 33 heavy (non-hydrogen) atoms. The van der Waals surface area contributed by atoms with Gasteiger partial charge in [0, 0.05) is 17.3 Å². The van der Waals surface area contributed by atoms with Crippen LogP contribution in [0.3, 0.4) is 0 Å². The van der Waals surface area contributed by atoms with Gasteiger partial charge in [0.1, 0.15) is 12.4 Å². The topological polar surface area (TPSA) is 76.7 Å². The molecule has 0 unspecified atom stereocenters. The van der Waals surface area contributed by atoms with E-state index in [0.29, 0.717) is 22.7 Å². The molecule has 2 amide bonds. The molecule has 0 bridgehead atoms. The summed E-state index contributed by atoms with van der Waals surface area (Å²) in [7, 11) is 1.52. The highest BCUT2D eigenvalue weighted by Gasteiger charge is 2.27. The zero-order valence-corrected chi connectivity index (χ0v) is 17.6. The van der Waals surface area contributed by atoms with Crippen LogP contribution in [-0.4, -0.2) is 31.7 Å². The molecule has 0 radical (unpaired) electrons. The van der Waals surface area contributed by atoms with Crippen molar-refractivity contribution in [3.8, 4) is 5.75 Å². The summed E-state index contributed by atoms with van der Waals surface area (Å²) in [5.41, 5.74) is 1.86. The lowest BCUT2D eigenvalue weighted by Crippen LogP contribution is -2.18. The normalized spacial score (nSPS) is 11.0. The predicted octanol–water partition coefficient (Wildman–Crippen LogP) is 5.28. The number of methoxy groups -OCH3 is 1. The number of nitrogens with one attached hydrogen (secondary N) is 2. The first-order chi connectivity index (χ1) is 15.7. The zero-order valence-electron chi connectivity index (χ0n) is 17.6. The lowest BCUT2D eigenvalue weighted by molar-refractivity contribution is -0.176. The number of hydrogen-bond donors (Lipinski definition) is 2. The van der Waals surface area contributed by atoms with Gasteiger partial charge in [-0.1, -0.05) is 30.3 Å². The smallest absolute Gasteiger partial charge is 0.411 e. The molecule has 6 nitrogen and oxygen atoms in total. The van der Waals surface area contributed by atoms with Gasteiger partial charge in [0.15, 0.2) is 0 Å². The summed E-state index contributed by atoms with van der Waals surface area (Å²) in [6, 6.07) is 19.3. The number of para-hydroxylation sites is 1. The Labute approximate surface area is 188 Å². The number of alkyl halides is 3. The summed E-state index contributed by atoms with van der Waals surface area (Å²) in [5.74, 6) is -0.308. The first-order valence-corrected chi connectivity index (χ1v) is 9.84. The number of rotatable bonds is 8. The average molecular weight is 458 g/mol. The van der Waals surface area contributed by atoms with E-state index < -0.39 is 24.6 Å². The van der Waals surface area contributed by atoms with Gasteiger partial charge in [-0.15, -0.1) is 0 Å². The third-order valence-corrected chi connectivity index (χ3v) is 4.50. The van der Waals surface area contributed by atoms with E-state index in [2.05, 4.69) is 15.4 Å². The van der Waals surface area contributed by atoms with Gasteiger partial charge in [0.25, 0.3) is 11.8 Å². The van der Waals surface area contributed by atoms with Gasteiger partial charge in [-0.25, -0.2) is 0 Å². The fourth-order valence-electron chi connectivity index (χ4n) is 2.92. The van der Waals surface area contributed by atoms with Gasteiger partial charge in [-0.3, -0.25) is 9.59 Å². The lowest BCUT2D eigenvalue weighted by atomic mass is 10.1. The minimum Gasteiger partial charge on any atom is -0.497 e. The summed E-state index contributed by atoms with van der Waals surface area (Å²) in [5, 5.41) is 5.45. The molecule has 0 fully saturated rings. The van der Waals surface area contributed by atoms with Crippen LogP contribution in [0.1, 0.15) is 26.3 Å². The summed E-state index contributed by atoms with van der Waals surface area (Å²) in [4.78, 5) is 25.4.